The average molecular weight is 321 g/mol. The molecular formula is C14H15N3O4S. The summed E-state index contributed by atoms with van der Waals surface area (Å²) in [4.78, 5) is 28.1. The molecule has 8 heteroatoms. The lowest BCUT2D eigenvalue weighted by Crippen LogP contribution is -2.30. The average Bonchev–Trinajstić information content (AvgIpc) is 3.04. The number of nitrogens with zero attached hydrogens (tertiary/aromatic N) is 2. The molecule has 0 aliphatic rings. The fraction of sp³-hybridized carbons (Fsp3) is 0.286. The van der Waals surface area contributed by atoms with Gasteiger partial charge in [-0.2, -0.15) is 4.37 Å². The van der Waals surface area contributed by atoms with Gasteiger partial charge in [0.05, 0.1) is 26.7 Å². The first-order valence-electron chi connectivity index (χ1n) is 6.42. The smallest absolute Gasteiger partial charge is 0.307 e. The fourth-order valence-corrected chi connectivity index (χ4v) is 2.40. The summed E-state index contributed by atoms with van der Waals surface area (Å²) in [6.07, 6.45) is 3.23. The van der Waals surface area contributed by atoms with Gasteiger partial charge in [0.2, 0.25) is 5.88 Å². The number of esters is 1. The number of rotatable bonds is 6. The van der Waals surface area contributed by atoms with Gasteiger partial charge in [-0.3, -0.25) is 14.6 Å². The van der Waals surface area contributed by atoms with Gasteiger partial charge in [0.15, 0.2) is 0 Å². The summed E-state index contributed by atoms with van der Waals surface area (Å²) >= 11 is 1.03. The van der Waals surface area contributed by atoms with Gasteiger partial charge in [-0.05, 0) is 29.2 Å². The zero-order valence-corrected chi connectivity index (χ0v) is 12.9. The zero-order valence-electron chi connectivity index (χ0n) is 12.1. The number of aromatic nitrogens is 2. The Morgan fingerprint density at radius 1 is 1.32 bits per heavy atom. The quantitative estimate of drug-likeness (QED) is 0.812. The lowest BCUT2D eigenvalue weighted by molar-refractivity contribution is -0.141. The molecule has 1 amide bonds. The Hall–Kier alpha value is -2.48. The molecule has 22 heavy (non-hydrogen) atoms. The number of ether oxygens (including phenoxy) is 2. The molecule has 0 fully saturated rings. The van der Waals surface area contributed by atoms with E-state index >= 15 is 0 Å². The third-order valence-corrected chi connectivity index (χ3v) is 3.70. The van der Waals surface area contributed by atoms with Crippen molar-refractivity contribution < 1.29 is 19.1 Å². The Morgan fingerprint density at radius 2 is 2.05 bits per heavy atom. The van der Waals surface area contributed by atoms with Crippen molar-refractivity contribution in [1.29, 1.82) is 0 Å². The van der Waals surface area contributed by atoms with Crippen molar-refractivity contribution in [3.8, 4) is 5.88 Å². The van der Waals surface area contributed by atoms with Gasteiger partial charge in [-0.25, -0.2) is 0 Å². The summed E-state index contributed by atoms with van der Waals surface area (Å²) in [6.45, 7) is 0. The number of carbonyl (C=O) groups excluding carboxylic acids is 2. The predicted molar refractivity (Wildman–Crippen MR) is 79.7 cm³/mol. The van der Waals surface area contributed by atoms with Crippen LogP contribution in [0.5, 0.6) is 5.88 Å². The molecule has 1 N–H and O–H groups in total. The number of carbonyl (C=O) groups is 2. The maximum absolute atomic E-state index is 12.3. The Labute approximate surface area is 131 Å². The van der Waals surface area contributed by atoms with Crippen LogP contribution >= 0.6 is 11.5 Å². The van der Waals surface area contributed by atoms with Crippen LogP contribution < -0.4 is 10.1 Å². The number of hydrogen-bond donors (Lipinski definition) is 1. The largest absolute Gasteiger partial charge is 0.480 e. The number of hydrogen-bond acceptors (Lipinski definition) is 7. The lowest BCUT2D eigenvalue weighted by atomic mass is 10.1. The highest BCUT2D eigenvalue weighted by molar-refractivity contribution is 7.08. The molecule has 0 saturated heterocycles. The highest BCUT2D eigenvalue weighted by Gasteiger charge is 2.21. The molecule has 116 valence electrons. The van der Waals surface area contributed by atoms with Crippen molar-refractivity contribution in [3.63, 3.8) is 0 Å². The standard InChI is InChI=1S/C14H15N3O4S/c1-20-12-8-11(22-17-12)14(19)16-10(7-13(18)21-2)9-3-5-15-6-4-9/h3-6,8,10H,7H2,1-2H3,(H,16,19)/t10-/m0/s1. The van der Waals surface area contributed by atoms with Crippen LogP contribution in [0.3, 0.4) is 0 Å². The molecule has 7 nitrogen and oxygen atoms in total. The molecule has 0 aliphatic carbocycles. The van der Waals surface area contributed by atoms with Gasteiger partial charge >= 0.3 is 5.97 Å². The summed E-state index contributed by atoms with van der Waals surface area (Å²) in [7, 11) is 2.79. The van der Waals surface area contributed by atoms with Gasteiger partial charge < -0.3 is 14.8 Å². The van der Waals surface area contributed by atoms with Gasteiger partial charge in [-0.15, -0.1) is 0 Å². The Morgan fingerprint density at radius 3 is 2.64 bits per heavy atom. The normalized spacial score (nSPS) is 11.5. The summed E-state index contributed by atoms with van der Waals surface area (Å²) in [5.74, 6) is -0.362. The Bertz CT molecular complexity index is 645. The molecule has 2 aromatic rings. The number of methoxy groups -OCH3 is 2. The third-order valence-electron chi connectivity index (χ3n) is 2.93. The van der Waals surface area contributed by atoms with Crippen LogP contribution in [0.25, 0.3) is 0 Å². The molecule has 0 spiro atoms. The van der Waals surface area contributed by atoms with Crippen molar-refractivity contribution in [3.05, 3.63) is 41.0 Å². The summed E-state index contributed by atoms with van der Waals surface area (Å²) in [6, 6.07) is 4.51. The monoisotopic (exact) mass is 321 g/mol. The van der Waals surface area contributed by atoms with E-state index in [0.717, 1.165) is 17.1 Å². The van der Waals surface area contributed by atoms with Crippen molar-refractivity contribution in [2.45, 2.75) is 12.5 Å². The molecule has 0 saturated carbocycles. The zero-order chi connectivity index (χ0) is 15.9. The van der Waals surface area contributed by atoms with E-state index in [9.17, 15) is 9.59 Å². The number of pyridine rings is 1. The van der Waals surface area contributed by atoms with Gasteiger partial charge in [-0.1, -0.05) is 0 Å². The van der Waals surface area contributed by atoms with Crippen LogP contribution in [0, 0.1) is 0 Å². The van der Waals surface area contributed by atoms with Crippen LogP contribution in [-0.4, -0.2) is 35.5 Å². The third kappa shape index (κ3) is 4.01. The lowest BCUT2D eigenvalue weighted by Gasteiger charge is -2.17. The molecular weight excluding hydrogens is 306 g/mol. The van der Waals surface area contributed by atoms with E-state index in [2.05, 4.69) is 19.4 Å². The fourth-order valence-electron chi connectivity index (χ4n) is 1.79. The first kappa shape index (κ1) is 15.9. The van der Waals surface area contributed by atoms with Crippen LogP contribution in [0.1, 0.15) is 27.7 Å². The van der Waals surface area contributed by atoms with E-state index in [1.54, 1.807) is 30.6 Å². The first-order valence-corrected chi connectivity index (χ1v) is 7.19. The molecule has 0 aromatic carbocycles. The highest BCUT2D eigenvalue weighted by Crippen LogP contribution is 2.20. The van der Waals surface area contributed by atoms with E-state index in [-0.39, 0.29) is 12.3 Å². The maximum atomic E-state index is 12.3. The molecule has 0 bridgehead atoms. The molecule has 0 radical (unpaired) electrons. The number of amides is 1. The summed E-state index contributed by atoms with van der Waals surface area (Å²) < 4.78 is 13.6. The highest BCUT2D eigenvalue weighted by atomic mass is 32.1. The second-order valence-corrected chi connectivity index (χ2v) is 5.13. The van der Waals surface area contributed by atoms with Crippen LogP contribution in [0.4, 0.5) is 0 Å². The molecule has 0 unspecified atom stereocenters. The molecule has 2 rings (SSSR count). The van der Waals surface area contributed by atoms with Gasteiger partial charge in [0, 0.05) is 18.5 Å². The molecule has 2 aromatic heterocycles. The SMILES string of the molecule is COC(=O)C[C@H](NC(=O)c1cc(OC)ns1)c1ccncc1. The Kier molecular flexibility index (Phi) is 5.42. The van der Waals surface area contributed by atoms with Crippen molar-refractivity contribution in [1.82, 2.24) is 14.7 Å². The minimum atomic E-state index is -0.504. The Balaban J connectivity index is 2.15. The summed E-state index contributed by atoms with van der Waals surface area (Å²) in [5, 5.41) is 2.80. The van der Waals surface area contributed by atoms with Crippen LogP contribution in [0.2, 0.25) is 0 Å². The van der Waals surface area contributed by atoms with Crippen LogP contribution in [0.15, 0.2) is 30.6 Å². The van der Waals surface area contributed by atoms with Gasteiger partial charge in [0.1, 0.15) is 4.88 Å². The van der Waals surface area contributed by atoms with Crippen LogP contribution in [-0.2, 0) is 9.53 Å². The van der Waals surface area contributed by atoms with E-state index in [4.69, 9.17) is 4.74 Å². The topological polar surface area (TPSA) is 90.4 Å². The van der Waals surface area contributed by atoms with E-state index < -0.39 is 12.0 Å². The van der Waals surface area contributed by atoms with Crippen molar-refractivity contribution in [2.24, 2.45) is 0 Å². The van der Waals surface area contributed by atoms with E-state index in [0.29, 0.717) is 10.8 Å². The second-order valence-electron chi connectivity index (χ2n) is 4.32. The van der Waals surface area contributed by atoms with Crippen molar-refractivity contribution in [2.75, 3.05) is 14.2 Å². The number of nitrogens with one attached hydrogen (secondary N) is 1. The van der Waals surface area contributed by atoms with E-state index in [1.165, 1.54) is 14.2 Å². The minimum absolute atomic E-state index is 0.0300. The minimum Gasteiger partial charge on any atom is -0.480 e. The maximum Gasteiger partial charge on any atom is 0.307 e. The van der Waals surface area contributed by atoms with E-state index in [1.807, 2.05) is 0 Å². The first-order chi connectivity index (χ1) is 10.6. The second kappa shape index (κ2) is 7.51. The predicted octanol–water partition coefficient (Wildman–Crippen LogP) is 1.58. The molecule has 0 aliphatic heterocycles. The van der Waals surface area contributed by atoms with Crippen molar-refractivity contribution >= 4 is 23.4 Å². The molecule has 1 atom stereocenters. The summed E-state index contributed by atoms with van der Waals surface area (Å²) in [5.41, 5.74) is 0.769. The van der Waals surface area contributed by atoms with Gasteiger partial charge in [0.25, 0.3) is 5.91 Å². The molecule has 2 heterocycles.